The number of carbonyl (C=O) groups excluding carboxylic acids is 1. The second-order valence-electron chi connectivity index (χ2n) is 5.12. The fraction of sp³-hybridized carbons (Fsp3) is 0.235. The number of thioether (sulfide) groups is 1. The van der Waals surface area contributed by atoms with Crippen LogP contribution in [-0.4, -0.2) is 18.5 Å². The van der Waals surface area contributed by atoms with Crippen LogP contribution in [0.5, 0.6) is 11.5 Å². The number of hydrogen-bond donors (Lipinski definition) is 1. The Labute approximate surface area is 144 Å². The van der Waals surface area contributed by atoms with Crippen LogP contribution < -0.4 is 14.8 Å². The molecule has 1 atom stereocenters. The van der Waals surface area contributed by atoms with Gasteiger partial charge in [-0.15, -0.1) is 11.8 Å². The predicted octanol–water partition coefficient (Wildman–Crippen LogP) is 4.04. The van der Waals surface area contributed by atoms with Gasteiger partial charge in [-0.2, -0.15) is 0 Å². The van der Waals surface area contributed by atoms with Gasteiger partial charge < -0.3 is 14.8 Å². The Morgan fingerprint density at radius 2 is 2.04 bits per heavy atom. The molecule has 1 heterocycles. The third-order valence-corrected chi connectivity index (χ3v) is 4.98. The molecule has 0 aromatic heterocycles. The van der Waals surface area contributed by atoms with Crippen LogP contribution in [-0.2, 0) is 4.79 Å². The van der Waals surface area contributed by atoms with E-state index >= 15 is 0 Å². The van der Waals surface area contributed by atoms with Gasteiger partial charge in [-0.1, -0.05) is 29.8 Å². The van der Waals surface area contributed by atoms with E-state index in [4.69, 9.17) is 21.1 Å². The highest BCUT2D eigenvalue weighted by Crippen LogP contribution is 2.34. The molecule has 0 bridgehead atoms. The average Bonchev–Trinajstić information content (AvgIpc) is 3.01. The van der Waals surface area contributed by atoms with E-state index in [1.54, 1.807) is 0 Å². The summed E-state index contributed by atoms with van der Waals surface area (Å²) in [5.74, 6) is 1.73. The van der Waals surface area contributed by atoms with Crippen molar-refractivity contribution in [1.29, 1.82) is 0 Å². The Morgan fingerprint density at radius 3 is 2.87 bits per heavy atom. The molecule has 1 aliphatic rings. The first-order valence-electron chi connectivity index (χ1n) is 7.20. The average molecular weight is 350 g/mol. The van der Waals surface area contributed by atoms with Crippen LogP contribution in [0.2, 0.25) is 5.02 Å². The molecule has 0 fully saturated rings. The second kappa shape index (κ2) is 7.15. The van der Waals surface area contributed by atoms with Crippen molar-refractivity contribution in [1.82, 2.24) is 5.32 Å². The highest BCUT2D eigenvalue weighted by atomic mass is 35.5. The van der Waals surface area contributed by atoms with E-state index in [2.05, 4.69) is 5.32 Å². The van der Waals surface area contributed by atoms with E-state index in [0.717, 1.165) is 16.2 Å². The third-order valence-electron chi connectivity index (χ3n) is 3.47. The van der Waals surface area contributed by atoms with Crippen molar-refractivity contribution < 1.29 is 14.3 Å². The number of halogens is 1. The van der Waals surface area contributed by atoms with Gasteiger partial charge in [0.15, 0.2) is 11.5 Å². The lowest BCUT2D eigenvalue weighted by molar-refractivity contribution is -0.119. The van der Waals surface area contributed by atoms with Crippen molar-refractivity contribution in [2.24, 2.45) is 0 Å². The molecule has 1 amide bonds. The van der Waals surface area contributed by atoms with Crippen LogP contribution in [0.4, 0.5) is 0 Å². The Morgan fingerprint density at radius 1 is 1.26 bits per heavy atom. The largest absolute Gasteiger partial charge is 0.454 e. The van der Waals surface area contributed by atoms with Gasteiger partial charge in [0.25, 0.3) is 0 Å². The standard InChI is InChI=1S/C17H16ClNO3S/c1-11(12-6-7-14-15(8-12)22-10-21-14)19-17(20)9-23-16-5-3-2-4-13(16)18/h2-8,11H,9-10H2,1H3,(H,19,20). The van der Waals surface area contributed by atoms with Crippen molar-refractivity contribution in [3.8, 4) is 11.5 Å². The van der Waals surface area contributed by atoms with E-state index in [1.807, 2.05) is 49.4 Å². The predicted molar refractivity (Wildman–Crippen MR) is 91.3 cm³/mol. The summed E-state index contributed by atoms with van der Waals surface area (Å²) in [7, 11) is 0. The second-order valence-corrected chi connectivity index (χ2v) is 6.55. The van der Waals surface area contributed by atoms with E-state index < -0.39 is 0 Å². The zero-order chi connectivity index (χ0) is 16.2. The van der Waals surface area contributed by atoms with E-state index in [-0.39, 0.29) is 18.7 Å². The lowest BCUT2D eigenvalue weighted by Crippen LogP contribution is -2.28. The monoisotopic (exact) mass is 349 g/mol. The smallest absolute Gasteiger partial charge is 0.231 e. The van der Waals surface area contributed by atoms with Gasteiger partial charge in [0, 0.05) is 4.90 Å². The quantitative estimate of drug-likeness (QED) is 0.828. The van der Waals surface area contributed by atoms with Crippen LogP contribution in [0, 0.1) is 0 Å². The molecule has 3 rings (SSSR count). The van der Waals surface area contributed by atoms with Gasteiger partial charge in [-0.3, -0.25) is 4.79 Å². The van der Waals surface area contributed by atoms with Gasteiger partial charge >= 0.3 is 0 Å². The number of fused-ring (bicyclic) bond motifs is 1. The minimum Gasteiger partial charge on any atom is -0.454 e. The van der Waals surface area contributed by atoms with Gasteiger partial charge in [0.1, 0.15) is 0 Å². The molecule has 1 aliphatic heterocycles. The summed E-state index contributed by atoms with van der Waals surface area (Å²) < 4.78 is 10.6. The number of benzene rings is 2. The summed E-state index contributed by atoms with van der Waals surface area (Å²) in [4.78, 5) is 13.0. The number of nitrogens with one attached hydrogen (secondary N) is 1. The lowest BCUT2D eigenvalue weighted by Gasteiger charge is -2.15. The SMILES string of the molecule is CC(NC(=O)CSc1ccccc1Cl)c1ccc2c(c1)OCO2. The van der Waals surface area contributed by atoms with Crippen LogP contribution in [0.15, 0.2) is 47.4 Å². The van der Waals surface area contributed by atoms with Crippen molar-refractivity contribution in [2.45, 2.75) is 17.9 Å². The van der Waals surface area contributed by atoms with Gasteiger partial charge in [0.2, 0.25) is 12.7 Å². The van der Waals surface area contributed by atoms with Crippen LogP contribution in [0.1, 0.15) is 18.5 Å². The molecule has 4 nitrogen and oxygen atoms in total. The molecule has 1 unspecified atom stereocenters. The molecule has 0 saturated heterocycles. The van der Waals surface area contributed by atoms with Crippen LogP contribution in [0.25, 0.3) is 0 Å². The summed E-state index contributed by atoms with van der Waals surface area (Å²) in [6, 6.07) is 13.1. The van der Waals surface area contributed by atoms with Crippen molar-refractivity contribution in [2.75, 3.05) is 12.5 Å². The van der Waals surface area contributed by atoms with E-state index in [0.29, 0.717) is 16.5 Å². The molecule has 0 saturated carbocycles. The summed E-state index contributed by atoms with van der Waals surface area (Å²) in [6.45, 7) is 2.18. The minimum absolute atomic E-state index is 0.0416. The molecule has 0 spiro atoms. The molecule has 120 valence electrons. The molecule has 2 aromatic carbocycles. The number of rotatable bonds is 5. The highest BCUT2D eigenvalue weighted by molar-refractivity contribution is 8.00. The Kier molecular flexibility index (Phi) is 4.98. The molecule has 6 heteroatoms. The fourth-order valence-corrected chi connectivity index (χ4v) is 3.30. The van der Waals surface area contributed by atoms with Crippen LogP contribution in [0.3, 0.4) is 0 Å². The summed E-state index contributed by atoms with van der Waals surface area (Å²) in [5, 5.41) is 3.64. The van der Waals surface area contributed by atoms with Gasteiger partial charge in [-0.25, -0.2) is 0 Å². The van der Waals surface area contributed by atoms with E-state index in [1.165, 1.54) is 11.8 Å². The normalized spacial score (nSPS) is 13.7. The fourth-order valence-electron chi connectivity index (χ4n) is 2.25. The summed E-state index contributed by atoms with van der Waals surface area (Å²) in [6.07, 6.45) is 0. The maximum absolute atomic E-state index is 12.1. The van der Waals surface area contributed by atoms with Gasteiger partial charge in [-0.05, 0) is 36.8 Å². The number of hydrogen-bond acceptors (Lipinski definition) is 4. The topological polar surface area (TPSA) is 47.6 Å². The van der Waals surface area contributed by atoms with Crippen LogP contribution >= 0.6 is 23.4 Å². The Hall–Kier alpha value is -1.85. The van der Waals surface area contributed by atoms with Crippen molar-refractivity contribution >= 4 is 29.3 Å². The Bertz CT molecular complexity index is 723. The molecule has 0 radical (unpaired) electrons. The summed E-state index contributed by atoms with van der Waals surface area (Å²) in [5.41, 5.74) is 0.977. The maximum Gasteiger partial charge on any atom is 0.231 e. The van der Waals surface area contributed by atoms with Crippen molar-refractivity contribution in [3.63, 3.8) is 0 Å². The molecular formula is C17H16ClNO3S. The molecule has 1 N–H and O–H groups in total. The van der Waals surface area contributed by atoms with E-state index in [9.17, 15) is 4.79 Å². The number of carbonyl (C=O) groups is 1. The first kappa shape index (κ1) is 16.0. The first-order chi connectivity index (χ1) is 11.1. The molecule has 23 heavy (non-hydrogen) atoms. The highest BCUT2D eigenvalue weighted by Gasteiger charge is 2.17. The lowest BCUT2D eigenvalue weighted by atomic mass is 10.1. The maximum atomic E-state index is 12.1. The Balaban J connectivity index is 1.56. The van der Waals surface area contributed by atoms with Crippen molar-refractivity contribution in [3.05, 3.63) is 53.1 Å². The van der Waals surface area contributed by atoms with Gasteiger partial charge in [0.05, 0.1) is 16.8 Å². The molecular weight excluding hydrogens is 334 g/mol. The summed E-state index contributed by atoms with van der Waals surface area (Å²) >= 11 is 7.51. The molecule has 0 aliphatic carbocycles. The zero-order valence-electron chi connectivity index (χ0n) is 12.5. The zero-order valence-corrected chi connectivity index (χ0v) is 14.1. The molecule has 2 aromatic rings. The number of ether oxygens (including phenoxy) is 2. The first-order valence-corrected chi connectivity index (χ1v) is 8.56. The third kappa shape index (κ3) is 3.92. The minimum atomic E-state index is -0.108. The number of amides is 1.